The van der Waals surface area contributed by atoms with Crippen LogP contribution < -0.4 is 0 Å². The summed E-state index contributed by atoms with van der Waals surface area (Å²) >= 11 is 0. The highest BCUT2D eigenvalue weighted by Crippen LogP contribution is 2.21. The third-order valence-electron chi connectivity index (χ3n) is 2.96. The molecule has 1 atom stereocenters. The number of carbonyl (C=O) groups excluding carboxylic acids is 1. The van der Waals surface area contributed by atoms with E-state index in [1.807, 2.05) is 13.8 Å². The molecule has 0 aliphatic carbocycles. The lowest BCUT2D eigenvalue weighted by atomic mass is 9.90. The van der Waals surface area contributed by atoms with Crippen molar-refractivity contribution in [3.05, 3.63) is 35.4 Å². The van der Waals surface area contributed by atoms with E-state index in [2.05, 4.69) is 0 Å². The predicted octanol–water partition coefficient (Wildman–Crippen LogP) is 4.36. The van der Waals surface area contributed by atoms with Crippen LogP contribution in [0.3, 0.4) is 0 Å². The van der Waals surface area contributed by atoms with Crippen LogP contribution in [0, 0.1) is 17.6 Å². The first-order valence-electron chi connectivity index (χ1n) is 6.09. The molecule has 0 aliphatic rings. The molecule has 0 heterocycles. The highest BCUT2D eigenvalue weighted by molar-refractivity contribution is 5.98. The first-order valence-corrected chi connectivity index (χ1v) is 6.09. The Morgan fingerprint density at radius 3 is 2.59 bits per heavy atom. The number of hydrogen-bond donors (Lipinski definition) is 0. The molecule has 1 nitrogen and oxygen atoms in total. The van der Waals surface area contributed by atoms with Gasteiger partial charge in [0.1, 0.15) is 11.6 Å². The molecule has 3 heteroatoms. The lowest BCUT2D eigenvalue weighted by Crippen LogP contribution is -2.15. The maximum atomic E-state index is 13.5. The zero-order valence-corrected chi connectivity index (χ0v) is 10.3. The first-order chi connectivity index (χ1) is 8.10. The molecular weight excluding hydrogens is 222 g/mol. The van der Waals surface area contributed by atoms with E-state index in [1.165, 1.54) is 0 Å². The quantitative estimate of drug-likeness (QED) is 0.675. The SMILES string of the molecule is CCCCC(CC)C(=O)c1cc(F)ccc1F. The van der Waals surface area contributed by atoms with Crippen molar-refractivity contribution in [2.45, 2.75) is 39.5 Å². The Labute approximate surface area is 101 Å². The van der Waals surface area contributed by atoms with Crippen LogP contribution in [0.25, 0.3) is 0 Å². The van der Waals surface area contributed by atoms with Crippen LogP contribution in [0.15, 0.2) is 18.2 Å². The summed E-state index contributed by atoms with van der Waals surface area (Å²) in [5.41, 5.74) is -0.118. The average Bonchev–Trinajstić information content (AvgIpc) is 2.33. The maximum absolute atomic E-state index is 13.5. The molecule has 0 saturated carbocycles. The molecular formula is C14H18F2O. The Morgan fingerprint density at radius 2 is 2.00 bits per heavy atom. The first kappa shape index (κ1) is 13.8. The van der Waals surface area contributed by atoms with E-state index in [-0.39, 0.29) is 17.3 Å². The van der Waals surface area contributed by atoms with Gasteiger partial charge in [-0.3, -0.25) is 4.79 Å². The van der Waals surface area contributed by atoms with Crippen molar-refractivity contribution in [1.29, 1.82) is 0 Å². The van der Waals surface area contributed by atoms with Gasteiger partial charge in [-0.1, -0.05) is 26.7 Å². The molecule has 17 heavy (non-hydrogen) atoms. The van der Waals surface area contributed by atoms with Crippen LogP contribution in [0.1, 0.15) is 49.9 Å². The van der Waals surface area contributed by atoms with Crippen molar-refractivity contribution >= 4 is 5.78 Å². The molecule has 1 unspecified atom stereocenters. The number of rotatable bonds is 6. The molecule has 1 aromatic rings. The third-order valence-corrected chi connectivity index (χ3v) is 2.96. The number of hydrogen-bond acceptors (Lipinski definition) is 1. The maximum Gasteiger partial charge on any atom is 0.168 e. The molecule has 0 bridgehead atoms. The Kier molecular flexibility index (Phi) is 5.26. The fourth-order valence-corrected chi connectivity index (χ4v) is 1.88. The van der Waals surface area contributed by atoms with Crippen LogP contribution in [0.2, 0.25) is 0 Å². The van der Waals surface area contributed by atoms with Crippen LogP contribution >= 0.6 is 0 Å². The Hall–Kier alpha value is -1.25. The van der Waals surface area contributed by atoms with Crippen LogP contribution in [0.5, 0.6) is 0 Å². The summed E-state index contributed by atoms with van der Waals surface area (Å²) in [5, 5.41) is 0. The highest BCUT2D eigenvalue weighted by atomic mass is 19.1. The molecule has 0 aromatic heterocycles. The van der Waals surface area contributed by atoms with Crippen LogP contribution in [-0.2, 0) is 0 Å². The number of halogens is 2. The van der Waals surface area contributed by atoms with E-state index in [9.17, 15) is 13.6 Å². The Morgan fingerprint density at radius 1 is 1.29 bits per heavy atom. The van der Waals surface area contributed by atoms with Gasteiger partial charge in [-0.05, 0) is 31.0 Å². The van der Waals surface area contributed by atoms with Crippen molar-refractivity contribution < 1.29 is 13.6 Å². The Balaban J connectivity index is 2.89. The molecule has 0 saturated heterocycles. The fourth-order valence-electron chi connectivity index (χ4n) is 1.88. The summed E-state index contributed by atoms with van der Waals surface area (Å²) in [7, 11) is 0. The van der Waals surface area contributed by atoms with E-state index in [0.717, 1.165) is 37.5 Å². The number of Topliss-reactive ketones (excluding diaryl/α,β-unsaturated/α-hetero) is 1. The summed E-state index contributed by atoms with van der Waals surface area (Å²) in [6, 6.07) is 3.03. The summed E-state index contributed by atoms with van der Waals surface area (Å²) in [5.74, 6) is -1.68. The van der Waals surface area contributed by atoms with Crippen molar-refractivity contribution in [2.75, 3.05) is 0 Å². The molecule has 0 aliphatic heterocycles. The molecule has 0 N–H and O–H groups in total. The molecule has 1 rings (SSSR count). The molecule has 0 amide bonds. The number of benzene rings is 1. The van der Waals surface area contributed by atoms with Crippen molar-refractivity contribution in [2.24, 2.45) is 5.92 Å². The summed E-state index contributed by atoms with van der Waals surface area (Å²) in [6.07, 6.45) is 3.33. The van der Waals surface area contributed by atoms with Gasteiger partial charge in [0.2, 0.25) is 0 Å². The highest BCUT2D eigenvalue weighted by Gasteiger charge is 2.21. The van der Waals surface area contributed by atoms with Crippen molar-refractivity contribution in [1.82, 2.24) is 0 Å². The minimum atomic E-state index is -0.633. The van der Waals surface area contributed by atoms with Gasteiger partial charge in [-0.2, -0.15) is 0 Å². The van der Waals surface area contributed by atoms with E-state index < -0.39 is 11.6 Å². The molecule has 0 spiro atoms. The monoisotopic (exact) mass is 240 g/mol. The summed E-state index contributed by atoms with van der Waals surface area (Å²) in [6.45, 7) is 3.94. The van der Waals surface area contributed by atoms with Crippen molar-refractivity contribution in [3.63, 3.8) is 0 Å². The zero-order chi connectivity index (χ0) is 12.8. The van der Waals surface area contributed by atoms with Gasteiger partial charge in [-0.15, -0.1) is 0 Å². The summed E-state index contributed by atoms with van der Waals surface area (Å²) in [4.78, 5) is 12.0. The standard InChI is InChI=1S/C14H18F2O/c1-3-5-6-10(4-2)14(17)12-9-11(15)7-8-13(12)16/h7-10H,3-6H2,1-2H3. The van der Waals surface area contributed by atoms with Gasteiger partial charge in [0.05, 0.1) is 5.56 Å². The van der Waals surface area contributed by atoms with Gasteiger partial charge in [0.15, 0.2) is 5.78 Å². The minimum absolute atomic E-state index is 0.118. The second-order valence-electron chi connectivity index (χ2n) is 4.24. The average molecular weight is 240 g/mol. The normalized spacial score (nSPS) is 12.5. The number of ketones is 1. The summed E-state index contributed by atoms with van der Waals surface area (Å²) < 4.78 is 26.5. The minimum Gasteiger partial charge on any atom is -0.294 e. The van der Waals surface area contributed by atoms with Crippen LogP contribution in [0.4, 0.5) is 8.78 Å². The van der Waals surface area contributed by atoms with Gasteiger partial charge >= 0.3 is 0 Å². The largest absolute Gasteiger partial charge is 0.294 e. The topological polar surface area (TPSA) is 17.1 Å². The number of unbranched alkanes of at least 4 members (excludes halogenated alkanes) is 1. The number of carbonyl (C=O) groups is 1. The second-order valence-corrected chi connectivity index (χ2v) is 4.24. The van der Waals surface area contributed by atoms with Gasteiger partial charge in [0, 0.05) is 5.92 Å². The molecule has 0 radical (unpaired) electrons. The lowest BCUT2D eigenvalue weighted by molar-refractivity contribution is 0.0903. The molecule has 0 fully saturated rings. The van der Waals surface area contributed by atoms with E-state index in [1.54, 1.807) is 0 Å². The second kappa shape index (κ2) is 6.48. The van der Waals surface area contributed by atoms with E-state index in [0.29, 0.717) is 6.42 Å². The van der Waals surface area contributed by atoms with Crippen molar-refractivity contribution in [3.8, 4) is 0 Å². The fraction of sp³-hybridized carbons (Fsp3) is 0.500. The molecule has 94 valence electrons. The van der Waals surface area contributed by atoms with E-state index in [4.69, 9.17) is 0 Å². The van der Waals surface area contributed by atoms with Gasteiger partial charge in [0.25, 0.3) is 0 Å². The van der Waals surface area contributed by atoms with Gasteiger partial charge in [-0.25, -0.2) is 8.78 Å². The van der Waals surface area contributed by atoms with E-state index >= 15 is 0 Å². The third kappa shape index (κ3) is 3.62. The van der Waals surface area contributed by atoms with Crippen LogP contribution in [-0.4, -0.2) is 5.78 Å². The smallest absolute Gasteiger partial charge is 0.168 e. The molecule has 1 aromatic carbocycles. The Bertz CT molecular complexity index is 388. The lowest BCUT2D eigenvalue weighted by Gasteiger charge is -2.13. The predicted molar refractivity (Wildman–Crippen MR) is 64.0 cm³/mol. The van der Waals surface area contributed by atoms with Gasteiger partial charge < -0.3 is 0 Å². The zero-order valence-electron chi connectivity index (χ0n) is 10.3.